The Morgan fingerprint density at radius 1 is 1.14 bits per heavy atom. The number of furan rings is 1. The number of amides is 1. The van der Waals surface area contributed by atoms with Crippen LogP contribution in [0.15, 0.2) is 65.3 Å². The number of hydrogen-bond acceptors (Lipinski definition) is 6. The number of methoxy groups -OCH3 is 1. The minimum absolute atomic E-state index is 0.159. The predicted molar refractivity (Wildman–Crippen MR) is 113 cm³/mol. The molecule has 2 aromatic carbocycles. The Morgan fingerprint density at radius 2 is 1.93 bits per heavy atom. The zero-order valence-electron chi connectivity index (χ0n) is 16.1. The van der Waals surface area contributed by atoms with Gasteiger partial charge in [0.1, 0.15) is 17.3 Å². The van der Waals surface area contributed by atoms with Crippen LogP contribution in [0.1, 0.15) is 23.0 Å². The molecule has 0 saturated heterocycles. The van der Waals surface area contributed by atoms with Crippen molar-refractivity contribution in [3.05, 3.63) is 72.2 Å². The van der Waals surface area contributed by atoms with Gasteiger partial charge in [0.15, 0.2) is 5.13 Å². The van der Waals surface area contributed by atoms with E-state index in [2.05, 4.69) is 4.98 Å². The molecule has 0 bridgehead atoms. The average Bonchev–Trinajstić information content (AvgIpc) is 3.41. The molecular formula is C22H20N2O4S. The highest BCUT2D eigenvalue weighted by molar-refractivity contribution is 7.22. The quantitative estimate of drug-likeness (QED) is 0.423. The van der Waals surface area contributed by atoms with Crippen molar-refractivity contribution < 1.29 is 18.7 Å². The van der Waals surface area contributed by atoms with Crippen molar-refractivity contribution in [3.8, 4) is 11.5 Å². The number of carbonyl (C=O) groups excluding carboxylic acids is 1. The van der Waals surface area contributed by atoms with Gasteiger partial charge in [-0.05, 0) is 61.5 Å². The molecule has 29 heavy (non-hydrogen) atoms. The van der Waals surface area contributed by atoms with Gasteiger partial charge < -0.3 is 13.9 Å². The van der Waals surface area contributed by atoms with Crippen LogP contribution in [0.4, 0.5) is 5.13 Å². The van der Waals surface area contributed by atoms with Gasteiger partial charge in [-0.15, -0.1) is 0 Å². The maximum atomic E-state index is 13.3. The predicted octanol–water partition coefficient (Wildman–Crippen LogP) is 5.14. The number of aromatic nitrogens is 1. The largest absolute Gasteiger partial charge is 0.497 e. The molecule has 7 heteroatoms. The van der Waals surface area contributed by atoms with E-state index in [9.17, 15) is 4.79 Å². The van der Waals surface area contributed by atoms with Crippen LogP contribution in [-0.4, -0.2) is 24.6 Å². The Labute approximate surface area is 172 Å². The maximum Gasteiger partial charge on any atom is 0.260 e. The van der Waals surface area contributed by atoms with Gasteiger partial charge in [0.05, 0.1) is 36.7 Å². The van der Waals surface area contributed by atoms with Crippen LogP contribution in [-0.2, 0) is 6.54 Å². The van der Waals surface area contributed by atoms with Crippen molar-refractivity contribution in [2.75, 3.05) is 18.6 Å². The van der Waals surface area contributed by atoms with E-state index in [1.807, 2.05) is 31.2 Å². The molecule has 2 aromatic heterocycles. The van der Waals surface area contributed by atoms with E-state index in [1.54, 1.807) is 48.6 Å². The monoisotopic (exact) mass is 408 g/mol. The van der Waals surface area contributed by atoms with Crippen LogP contribution in [0.5, 0.6) is 11.5 Å². The van der Waals surface area contributed by atoms with Crippen molar-refractivity contribution in [3.63, 3.8) is 0 Å². The first-order valence-corrected chi connectivity index (χ1v) is 10.0. The first kappa shape index (κ1) is 19.0. The average molecular weight is 408 g/mol. The molecule has 0 unspecified atom stereocenters. The van der Waals surface area contributed by atoms with E-state index in [-0.39, 0.29) is 12.5 Å². The van der Waals surface area contributed by atoms with Crippen molar-refractivity contribution in [1.29, 1.82) is 0 Å². The summed E-state index contributed by atoms with van der Waals surface area (Å²) in [6, 6.07) is 16.4. The summed E-state index contributed by atoms with van der Waals surface area (Å²) in [4.78, 5) is 19.6. The highest BCUT2D eigenvalue weighted by Crippen LogP contribution is 2.33. The third kappa shape index (κ3) is 4.09. The van der Waals surface area contributed by atoms with Gasteiger partial charge in [-0.2, -0.15) is 0 Å². The van der Waals surface area contributed by atoms with Crippen LogP contribution in [0.2, 0.25) is 0 Å². The summed E-state index contributed by atoms with van der Waals surface area (Å²) in [5.74, 6) is 2.01. The number of benzene rings is 2. The highest BCUT2D eigenvalue weighted by atomic mass is 32.1. The molecule has 0 aliphatic rings. The van der Waals surface area contributed by atoms with Crippen LogP contribution < -0.4 is 14.4 Å². The number of rotatable bonds is 7. The Kier molecular flexibility index (Phi) is 5.48. The third-order valence-electron chi connectivity index (χ3n) is 4.37. The van der Waals surface area contributed by atoms with Gasteiger partial charge in [0.25, 0.3) is 5.91 Å². The molecule has 2 heterocycles. The zero-order chi connectivity index (χ0) is 20.2. The summed E-state index contributed by atoms with van der Waals surface area (Å²) in [6.45, 7) is 2.83. The van der Waals surface area contributed by atoms with Crippen LogP contribution in [0.25, 0.3) is 10.2 Å². The summed E-state index contributed by atoms with van der Waals surface area (Å²) in [5.41, 5.74) is 1.37. The summed E-state index contributed by atoms with van der Waals surface area (Å²) in [5, 5.41) is 0.603. The number of fused-ring (bicyclic) bond motifs is 1. The summed E-state index contributed by atoms with van der Waals surface area (Å²) < 4.78 is 17.2. The summed E-state index contributed by atoms with van der Waals surface area (Å²) in [7, 11) is 1.59. The van der Waals surface area contributed by atoms with Crippen LogP contribution >= 0.6 is 11.3 Å². The van der Waals surface area contributed by atoms with Crippen molar-refractivity contribution in [1.82, 2.24) is 4.98 Å². The van der Waals surface area contributed by atoms with E-state index in [1.165, 1.54) is 11.3 Å². The first-order valence-electron chi connectivity index (χ1n) is 9.19. The molecule has 0 aliphatic carbocycles. The number of anilines is 1. The fourth-order valence-electron chi connectivity index (χ4n) is 2.94. The third-order valence-corrected chi connectivity index (χ3v) is 5.41. The lowest BCUT2D eigenvalue weighted by molar-refractivity contribution is 0.0983. The molecule has 6 nitrogen and oxygen atoms in total. The fourth-order valence-corrected chi connectivity index (χ4v) is 3.93. The number of ether oxygens (including phenoxy) is 2. The molecule has 1 amide bonds. The van der Waals surface area contributed by atoms with Crippen molar-refractivity contribution in [2.24, 2.45) is 0 Å². The number of nitrogens with zero attached hydrogens (tertiary/aromatic N) is 2. The van der Waals surface area contributed by atoms with Gasteiger partial charge in [0, 0.05) is 5.56 Å². The Bertz CT molecular complexity index is 1100. The summed E-state index contributed by atoms with van der Waals surface area (Å²) >= 11 is 1.45. The number of hydrogen-bond donors (Lipinski definition) is 0. The van der Waals surface area contributed by atoms with Crippen molar-refractivity contribution in [2.45, 2.75) is 13.5 Å². The molecular weight excluding hydrogens is 388 g/mol. The lowest BCUT2D eigenvalue weighted by atomic mass is 10.2. The van der Waals surface area contributed by atoms with Gasteiger partial charge in [-0.3, -0.25) is 9.69 Å². The SMILES string of the molecule is CCOc1ccc2nc(N(Cc3ccco3)C(=O)c3ccc(OC)cc3)sc2c1. The zero-order valence-corrected chi connectivity index (χ0v) is 16.9. The Morgan fingerprint density at radius 3 is 2.62 bits per heavy atom. The lowest BCUT2D eigenvalue weighted by Crippen LogP contribution is -2.30. The number of thiazole rings is 1. The maximum absolute atomic E-state index is 13.3. The lowest BCUT2D eigenvalue weighted by Gasteiger charge is -2.19. The fraction of sp³-hybridized carbons (Fsp3) is 0.182. The van der Waals surface area contributed by atoms with Crippen molar-refractivity contribution >= 4 is 32.6 Å². The molecule has 0 radical (unpaired) electrons. The standard InChI is InChI=1S/C22H20N2O4S/c1-3-27-17-10-11-19-20(13-17)29-22(23-19)24(14-18-5-4-12-28-18)21(25)15-6-8-16(26-2)9-7-15/h4-13H,3,14H2,1-2H3. The van der Waals surface area contributed by atoms with Gasteiger partial charge >= 0.3 is 0 Å². The normalized spacial score (nSPS) is 10.8. The molecule has 0 aliphatic heterocycles. The highest BCUT2D eigenvalue weighted by Gasteiger charge is 2.23. The van der Waals surface area contributed by atoms with Gasteiger partial charge in [0.2, 0.25) is 0 Å². The van der Waals surface area contributed by atoms with Crippen LogP contribution in [0.3, 0.4) is 0 Å². The molecule has 148 valence electrons. The first-order chi connectivity index (χ1) is 14.2. The molecule has 0 fully saturated rings. The van der Waals surface area contributed by atoms with E-state index < -0.39 is 0 Å². The smallest absolute Gasteiger partial charge is 0.260 e. The van der Waals surface area contributed by atoms with Crippen LogP contribution in [0, 0.1) is 0 Å². The Balaban J connectivity index is 1.71. The minimum atomic E-state index is -0.159. The van der Waals surface area contributed by atoms with E-state index in [0.29, 0.717) is 28.8 Å². The summed E-state index contributed by atoms with van der Waals surface area (Å²) in [6.07, 6.45) is 1.60. The molecule has 4 aromatic rings. The molecule has 0 atom stereocenters. The van der Waals surface area contributed by atoms with E-state index in [0.717, 1.165) is 16.0 Å². The molecule has 0 N–H and O–H groups in total. The molecule has 4 rings (SSSR count). The Hall–Kier alpha value is -3.32. The van der Waals surface area contributed by atoms with E-state index >= 15 is 0 Å². The molecule has 0 spiro atoms. The van der Waals surface area contributed by atoms with E-state index in [4.69, 9.17) is 13.9 Å². The minimum Gasteiger partial charge on any atom is -0.497 e. The second kappa shape index (κ2) is 8.36. The second-order valence-corrected chi connectivity index (χ2v) is 7.27. The number of carbonyl (C=O) groups is 1. The topological polar surface area (TPSA) is 64.8 Å². The molecule has 0 saturated carbocycles. The van der Waals surface area contributed by atoms with Gasteiger partial charge in [-0.25, -0.2) is 4.98 Å². The van der Waals surface area contributed by atoms with Gasteiger partial charge in [-0.1, -0.05) is 11.3 Å². The second-order valence-electron chi connectivity index (χ2n) is 6.26.